The summed E-state index contributed by atoms with van der Waals surface area (Å²) in [5.41, 5.74) is 2.33. The van der Waals surface area contributed by atoms with E-state index in [-0.39, 0.29) is 17.5 Å². The summed E-state index contributed by atoms with van der Waals surface area (Å²) < 4.78 is 13.2. The molecule has 0 radical (unpaired) electrons. The third kappa shape index (κ3) is 3.60. The summed E-state index contributed by atoms with van der Waals surface area (Å²) >= 11 is 5.82. The summed E-state index contributed by atoms with van der Waals surface area (Å²) in [7, 11) is 0. The van der Waals surface area contributed by atoms with Gasteiger partial charge in [0.2, 0.25) is 0 Å². The first-order valence-corrected chi connectivity index (χ1v) is 8.42. The van der Waals surface area contributed by atoms with Gasteiger partial charge in [0.15, 0.2) is 0 Å². The second kappa shape index (κ2) is 7.32. The molecule has 0 aromatic heterocycles. The molecule has 0 unspecified atom stereocenters. The average molecular weight is 348 g/mol. The van der Waals surface area contributed by atoms with Gasteiger partial charge in [-0.1, -0.05) is 29.8 Å². The highest BCUT2D eigenvalue weighted by molar-refractivity contribution is 6.31. The molecular formula is C19H19ClFNO2. The second-order valence-corrected chi connectivity index (χ2v) is 6.53. The van der Waals surface area contributed by atoms with Gasteiger partial charge >= 0.3 is 0 Å². The molecule has 3 nitrogen and oxygen atoms in total. The van der Waals surface area contributed by atoms with E-state index in [4.69, 9.17) is 11.6 Å². The van der Waals surface area contributed by atoms with Gasteiger partial charge < -0.3 is 10.0 Å². The van der Waals surface area contributed by atoms with Crippen LogP contribution < -0.4 is 0 Å². The largest absolute Gasteiger partial charge is 0.396 e. The van der Waals surface area contributed by atoms with Gasteiger partial charge in [0.1, 0.15) is 5.82 Å². The van der Waals surface area contributed by atoms with Gasteiger partial charge in [0, 0.05) is 25.3 Å². The number of likely N-dealkylation sites (tertiary alicyclic amines) is 1. The van der Waals surface area contributed by atoms with Crippen LogP contribution in [-0.4, -0.2) is 35.6 Å². The molecular weight excluding hydrogens is 329 g/mol. The maximum absolute atomic E-state index is 13.2. The molecule has 1 heterocycles. The Kier molecular flexibility index (Phi) is 5.17. The van der Waals surface area contributed by atoms with Crippen molar-refractivity contribution in [2.75, 3.05) is 19.7 Å². The fraction of sp³-hybridized carbons (Fsp3) is 0.316. The summed E-state index contributed by atoms with van der Waals surface area (Å²) in [6, 6.07) is 11.8. The molecule has 3 rings (SSSR count). The van der Waals surface area contributed by atoms with Crippen molar-refractivity contribution < 1.29 is 14.3 Å². The summed E-state index contributed by atoms with van der Waals surface area (Å²) in [5, 5.41) is 9.25. The van der Waals surface area contributed by atoms with Crippen LogP contribution in [0.4, 0.5) is 4.39 Å². The van der Waals surface area contributed by atoms with Crippen molar-refractivity contribution in [2.45, 2.75) is 12.8 Å². The Labute approximate surface area is 145 Å². The summed E-state index contributed by atoms with van der Waals surface area (Å²) in [6.07, 6.45) is 1.68. The zero-order chi connectivity index (χ0) is 17.1. The Morgan fingerprint density at radius 2 is 1.75 bits per heavy atom. The van der Waals surface area contributed by atoms with Crippen molar-refractivity contribution in [3.8, 4) is 11.1 Å². The Morgan fingerprint density at radius 3 is 2.33 bits per heavy atom. The number of amides is 1. The molecule has 0 bridgehead atoms. The molecule has 2 aromatic carbocycles. The topological polar surface area (TPSA) is 40.5 Å². The molecule has 0 atom stereocenters. The van der Waals surface area contributed by atoms with Crippen molar-refractivity contribution >= 4 is 17.5 Å². The first-order valence-electron chi connectivity index (χ1n) is 8.04. The Balaban J connectivity index is 1.72. The van der Waals surface area contributed by atoms with E-state index >= 15 is 0 Å². The first kappa shape index (κ1) is 16.9. The van der Waals surface area contributed by atoms with E-state index in [1.54, 1.807) is 24.3 Å². The van der Waals surface area contributed by atoms with Crippen molar-refractivity contribution in [1.29, 1.82) is 0 Å². The SMILES string of the molecule is O=C(c1ccc(-c2ccc(F)c(Cl)c2)cc1)N1CCC(CO)CC1. The lowest BCUT2D eigenvalue weighted by atomic mass is 9.97. The van der Waals surface area contributed by atoms with Gasteiger partial charge in [-0.05, 0) is 54.2 Å². The highest BCUT2D eigenvalue weighted by atomic mass is 35.5. The molecule has 0 saturated carbocycles. The lowest BCUT2D eigenvalue weighted by Crippen LogP contribution is -2.39. The molecule has 1 fully saturated rings. The summed E-state index contributed by atoms with van der Waals surface area (Å²) in [4.78, 5) is 14.4. The number of nitrogens with zero attached hydrogens (tertiary/aromatic N) is 1. The van der Waals surface area contributed by atoms with Crippen molar-refractivity contribution in [3.63, 3.8) is 0 Å². The predicted molar refractivity (Wildman–Crippen MR) is 92.6 cm³/mol. The van der Waals surface area contributed by atoms with Crippen molar-refractivity contribution in [2.24, 2.45) is 5.92 Å². The molecule has 1 aliphatic heterocycles. The van der Waals surface area contributed by atoms with Crippen LogP contribution in [0.5, 0.6) is 0 Å². The molecule has 0 aliphatic carbocycles. The minimum atomic E-state index is -0.446. The van der Waals surface area contributed by atoms with Gasteiger partial charge in [-0.2, -0.15) is 0 Å². The lowest BCUT2D eigenvalue weighted by molar-refractivity contribution is 0.0651. The molecule has 24 heavy (non-hydrogen) atoms. The third-order valence-electron chi connectivity index (χ3n) is 4.54. The van der Waals surface area contributed by atoms with Crippen LogP contribution >= 0.6 is 11.6 Å². The van der Waals surface area contributed by atoms with E-state index < -0.39 is 5.82 Å². The number of carbonyl (C=O) groups excluding carboxylic acids is 1. The van der Waals surface area contributed by atoms with Crippen molar-refractivity contribution in [3.05, 3.63) is 58.9 Å². The Hall–Kier alpha value is -1.91. The molecule has 126 valence electrons. The zero-order valence-electron chi connectivity index (χ0n) is 13.2. The fourth-order valence-electron chi connectivity index (χ4n) is 2.98. The number of carbonyl (C=O) groups is 1. The fourth-order valence-corrected chi connectivity index (χ4v) is 3.16. The average Bonchev–Trinajstić information content (AvgIpc) is 2.63. The summed E-state index contributed by atoms with van der Waals surface area (Å²) in [5.74, 6) is -0.131. The number of aliphatic hydroxyl groups excluding tert-OH is 1. The van der Waals surface area contributed by atoms with Gasteiger partial charge in [-0.15, -0.1) is 0 Å². The number of hydrogen-bond acceptors (Lipinski definition) is 2. The molecule has 0 spiro atoms. The smallest absolute Gasteiger partial charge is 0.253 e. The van der Waals surface area contributed by atoms with E-state index in [9.17, 15) is 14.3 Å². The van der Waals surface area contributed by atoms with Crippen LogP contribution in [0.3, 0.4) is 0 Å². The standard InChI is InChI=1S/C19H19ClFNO2/c20-17-11-16(5-6-18(17)21)14-1-3-15(4-2-14)19(24)22-9-7-13(12-23)8-10-22/h1-6,11,13,23H,7-10,12H2. The zero-order valence-corrected chi connectivity index (χ0v) is 14.0. The maximum Gasteiger partial charge on any atom is 0.253 e. The molecule has 1 saturated heterocycles. The van der Waals surface area contributed by atoms with E-state index in [0.29, 0.717) is 24.6 Å². The van der Waals surface area contributed by atoms with Crippen molar-refractivity contribution in [1.82, 2.24) is 4.90 Å². The van der Waals surface area contributed by atoms with Crippen LogP contribution in [0.25, 0.3) is 11.1 Å². The quantitative estimate of drug-likeness (QED) is 0.912. The van der Waals surface area contributed by atoms with E-state index in [1.165, 1.54) is 6.07 Å². The molecule has 1 aliphatic rings. The number of hydrogen-bond donors (Lipinski definition) is 1. The highest BCUT2D eigenvalue weighted by Crippen LogP contribution is 2.26. The van der Waals surface area contributed by atoms with Crippen LogP contribution in [0.15, 0.2) is 42.5 Å². The molecule has 2 aromatic rings. The highest BCUT2D eigenvalue weighted by Gasteiger charge is 2.23. The number of benzene rings is 2. The van der Waals surface area contributed by atoms with Crippen LogP contribution in [0, 0.1) is 11.7 Å². The lowest BCUT2D eigenvalue weighted by Gasteiger charge is -2.31. The molecule has 1 N–H and O–H groups in total. The third-order valence-corrected chi connectivity index (χ3v) is 4.83. The predicted octanol–water partition coefficient (Wildman–Crippen LogP) is 3.99. The van der Waals surface area contributed by atoms with Gasteiger partial charge in [0.25, 0.3) is 5.91 Å². The van der Waals surface area contributed by atoms with Gasteiger partial charge in [-0.25, -0.2) is 4.39 Å². The van der Waals surface area contributed by atoms with Crippen LogP contribution in [-0.2, 0) is 0 Å². The normalized spacial score (nSPS) is 15.5. The van der Waals surface area contributed by atoms with Crippen LogP contribution in [0.2, 0.25) is 5.02 Å². The number of piperidine rings is 1. The Bertz CT molecular complexity index is 725. The Morgan fingerprint density at radius 1 is 1.12 bits per heavy atom. The maximum atomic E-state index is 13.2. The minimum Gasteiger partial charge on any atom is -0.396 e. The number of halogens is 2. The number of aliphatic hydroxyl groups is 1. The van der Waals surface area contributed by atoms with E-state index in [1.807, 2.05) is 17.0 Å². The minimum absolute atomic E-state index is 0.00933. The van der Waals surface area contributed by atoms with Gasteiger partial charge in [-0.3, -0.25) is 4.79 Å². The molecule has 5 heteroatoms. The number of rotatable bonds is 3. The first-order chi connectivity index (χ1) is 11.6. The van der Waals surface area contributed by atoms with E-state index in [2.05, 4.69) is 0 Å². The van der Waals surface area contributed by atoms with Crippen LogP contribution in [0.1, 0.15) is 23.2 Å². The monoisotopic (exact) mass is 347 g/mol. The summed E-state index contributed by atoms with van der Waals surface area (Å²) in [6.45, 7) is 1.55. The van der Waals surface area contributed by atoms with Gasteiger partial charge in [0.05, 0.1) is 5.02 Å². The van der Waals surface area contributed by atoms with E-state index in [0.717, 1.165) is 24.0 Å². The second-order valence-electron chi connectivity index (χ2n) is 6.12. The molecule has 1 amide bonds.